The summed E-state index contributed by atoms with van der Waals surface area (Å²) in [5.74, 6) is 0.360. The predicted octanol–water partition coefficient (Wildman–Crippen LogP) is 3.38. The minimum atomic E-state index is -0.414. The summed E-state index contributed by atoms with van der Waals surface area (Å²) in [5.41, 5.74) is 0. The second-order valence-electron chi connectivity index (χ2n) is 5.76. The molecule has 1 saturated carbocycles. The Kier molecular flexibility index (Phi) is 5.32. The largest absolute Gasteiger partial charge is 0.392 e. The standard InChI is InChI=1S/C13H24O2S/c1-13(2,3)16-12(15)9-11(14)10-7-5-4-6-8-10/h10-11,14H,4-9H2,1-3H3/t11-/m1/s1. The van der Waals surface area contributed by atoms with E-state index in [0.29, 0.717) is 12.3 Å². The second kappa shape index (κ2) is 6.06. The predicted molar refractivity (Wildman–Crippen MR) is 69.5 cm³/mol. The van der Waals surface area contributed by atoms with Crippen molar-refractivity contribution >= 4 is 16.9 Å². The normalized spacial score (nSPS) is 20.8. The van der Waals surface area contributed by atoms with Crippen molar-refractivity contribution in [3.8, 4) is 0 Å². The summed E-state index contributed by atoms with van der Waals surface area (Å²) in [4.78, 5) is 11.7. The lowest BCUT2D eigenvalue weighted by Crippen LogP contribution is -2.26. The van der Waals surface area contributed by atoms with E-state index in [9.17, 15) is 9.90 Å². The van der Waals surface area contributed by atoms with Gasteiger partial charge in [0.1, 0.15) is 0 Å². The van der Waals surface area contributed by atoms with Gasteiger partial charge < -0.3 is 5.11 Å². The summed E-state index contributed by atoms with van der Waals surface area (Å²) < 4.78 is -0.0383. The van der Waals surface area contributed by atoms with E-state index in [-0.39, 0.29) is 9.86 Å². The van der Waals surface area contributed by atoms with Crippen molar-refractivity contribution in [3.63, 3.8) is 0 Å². The van der Waals surface area contributed by atoms with Crippen molar-refractivity contribution in [2.45, 2.75) is 70.1 Å². The fraction of sp³-hybridized carbons (Fsp3) is 0.923. The zero-order chi connectivity index (χ0) is 12.2. The lowest BCUT2D eigenvalue weighted by Gasteiger charge is -2.26. The van der Waals surface area contributed by atoms with E-state index in [1.54, 1.807) is 0 Å². The summed E-state index contributed by atoms with van der Waals surface area (Å²) in [6.07, 6.45) is 5.80. The molecule has 16 heavy (non-hydrogen) atoms. The van der Waals surface area contributed by atoms with Crippen LogP contribution in [0.1, 0.15) is 59.3 Å². The van der Waals surface area contributed by atoms with Crippen molar-refractivity contribution < 1.29 is 9.90 Å². The van der Waals surface area contributed by atoms with E-state index < -0.39 is 6.10 Å². The molecular formula is C13H24O2S. The molecule has 0 spiro atoms. The van der Waals surface area contributed by atoms with Crippen molar-refractivity contribution in [3.05, 3.63) is 0 Å². The van der Waals surface area contributed by atoms with Gasteiger partial charge in [-0.2, -0.15) is 0 Å². The molecule has 0 aromatic carbocycles. The number of aliphatic hydroxyl groups excluding tert-OH is 1. The number of hydrogen-bond acceptors (Lipinski definition) is 3. The highest BCUT2D eigenvalue weighted by Gasteiger charge is 2.25. The Morgan fingerprint density at radius 1 is 1.31 bits per heavy atom. The summed E-state index contributed by atoms with van der Waals surface area (Å²) in [6.45, 7) is 6.09. The Morgan fingerprint density at radius 2 is 1.88 bits per heavy atom. The Balaban J connectivity index is 2.32. The molecule has 1 aliphatic carbocycles. The maximum Gasteiger partial charge on any atom is 0.192 e. The first-order chi connectivity index (χ1) is 7.38. The van der Waals surface area contributed by atoms with Gasteiger partial charge in [0.25, 0.3) is 0 Å². The molecule has 0 unspecified atom stereocenters. The molecule has 1 rings (SSSR count). The molecule has 1 fully saturated rings. The van der Waals surface area contributed by atoms with Crippen LogP contribution in [0.2, 0.25) is 0 Å². The molecule has 0 radical (unpaired) electrons. The summed E-state index contributed by atoms with van der Waals surface area (Å²) in [5, 5.41) is 10.1. The SMILES string of the molecule is CC(C)(C)SC(=O)C[C@@H](O)C1CCCCC1. The van der Waals surface area contributed by atoms with E-state index in [1.165, 1.54) is 31.0 Å². The molecule has 0 aliphatic heterocycles. The van der Waals surface area contributed by atoms with Crippen LogP contribution in [-0.2, 0) is 4.79 Å². The molecule has 3 heteroatoms. The average Bonchev–Trinajstić information content (AvgIpc) is 2.16. The smallest absolute Gasteiger partial charge is 0.192 e. The fourth-order valence-corrected chi connectivity index (χ4v) is 3.18. The van der Waals surface area contributed by atoms with Crippen molar-refractivity contribution in [1.29, 1.82) is 0 Å². The molecule has 0 saturated heterocycles. The number of hydrogen-bond donors (Lipinski definition) is 1. The van der Waals surface area contributed by atoms with Crippen LogP contribution in [-0.4, -0.2) is 21.1 Å². The molecule has 0 bridgehead atoms. The van der Waals surface area contributed by atoms with E-state index in [1.807, 2.05) is 20.8 Å². The van der Waals surface area contributed by atoms with E-state index in [2.05, 4.69) is 0 Å². The third-order valence-corrected chi connectivity index (χ3v) is 4.00. The van der Waals surface area contributed by atoms with E-state index in [4.69, 9.17) is 0 Å². The van der Waals surface area contributed by atoms with E-state index >= 15 is 0 Å². The molecule has 0 heterocycles. The van der Waals surface area contributed by atoms with Gasteiger partial charge in [-0.15, -0.1) is 0 Å². The minimum absolute atomic E-state index is 0.0383. The van der Waals surface area contributed by atoms with Gasteiger partial charge in [0.15, 0.2) is 5.12 Å². The van der Waals surface area contributed by atoms with Crippen molar-refractivity contribution in [1.82, 2.24) is 0 Å². The molecule has 1 aliphatic rings. The van der Waals surface area contributed by atoms with Crippen LogP contribution in [0.15, 0.2) is 0 Å². The summed E-state index contributed by atoms with van der Waals surface area (Å²) >= 11 is 1.35. The first kappa shape index (κ1) is 14.0. The first-order valence-electron chi connectivity index (χ1n) is 6.28. The van der Waals surface area contributed by atoms with Crippen LogP contribution in [0.5, 0.6) is 0 Å². The van der Waals surface area contributed by atoms with Crippen LogP contribution in [0, 0.1) is 5.92 Å². The van der Waals surface area contributed by atoms with Gasteiger partial charge in [0.2, 0.25) is 0 Å². The maximum absolute atomic E-state index is 11.7. The van der Waals surface area contributed by atoms with Crippen molar-refractivity contribution in [2.24, 2.45) is 5.92 Å². The molecular weight excluding hydrogens is 220 g/mol. The van der Waals surface area contributed by atoms with Crippen LogP contribution in [0.4, 0.5) is 0 Å². The number of aliphatic hydroxyl groups is 1. The lowest BCUT2D eigenvalue weighted by molar-refractivity contribution is -0.113. The highest BCUT2D eigenvalue weighted by molar-refractivity contribution is 8.14. The van der Waals surface area contributed by atoms with Crippen LogP contribution < -0.4 is 0 Å². The Morgan fingerprint density at radius 3 is 2.38 bits per heavy atom. The van der Waals surface area contributed by atoms with Gasteiger partial charge in [-0.25, -0.2) is 0 Å². The fourth-order valence-electron chi connectivity index (χ4n) is 2.24. The highest BCUT2D eigenvalue weighted by atomic mass is 32.2. The zero-order valence-corrected chi connectivity index (χ0v) is 11.5. The third-order valence-electron chi connectivity index (χ3n) is 2.99. The molecule has 1 atom stereocenters. The number of carbonyl (C=O) groups excluding carboxylic acids is 1. The maximum atomic E-state index is 11.7. The molecule has 1 N–H and O–H groups in total. The number of carbonyl (C=O) groups is 1. The Bertz CT molecular complexity index is 227. The second-order valence-corrected chi connectivity index (χ2v) is 7.64. The molecule has 0 aromatic heterocycles. The lowest BCUT2D eigenvalue weighted by atomic mass is 9.84. The summed E-state index contributed by atoms with van der Waals surface area (Å²) in [6, 6.07) is 0. The molecule has 0 amide bonds. The highest BCUT2D eigenvalue weighted by Crippen LogP contribution is 2.31. The summed E-state index contributed by atoms with van der Waals surface area (Å²) in [7, 11) is 0. The average molecular weight is 244 g/mol. The zero-order valence-electron chi connectivity index (χ0n) is 10.7. The van der Waals surface area contributed by atoms with Crippen LogP contribution in [0.25, 0.3) is 0 Å². The first-order valence-corrected chi connectivity index (χ1v) is 7.10. The van der Waals surface area contributed by atoms with Gasteiger partial charge >= 0.3 is 0 Å². The Hall–Kier alpha value is -0.0200. The van der Waals surface area contributed by atoms with Gasteiger partial charge in [-0.3, -0.25) is 4.79 Å². The third kappa shape index (κ3) is 5.35. The number of rotatable bonds is 3. The minimum Gasteiger partial charge on any atom is -0.392 e. The quantitative estimate of drug-likeness (QED) is 0.827. The van der Waals surface area contributed by atoms with Gasteiger partial charge in [0.05, 0.1) is 6.10 Å². The van der Waals surface area contributed by atoms with Gasteiger partial charge in [-0.05, 0) is 18.8 Å². The molecule has 2 nitrogen and oxygen atoms in total. The van der Waals surface area contributed by atoms with Crippen LogP contribution >= 0.6 is 11.8 Å². The topological polar surface area (TPSA) is 37.3 Å². The number of thioether (sulfide) groups is 1. The van der Waals surface area contributed by atoms with Crippen LogP contribution in [0.3, 0.4) is 0 Å². The van der Waals surface area contributed by atoms with Gasteiger partial charge in [-0.1, -0.05) is 51.8 Å². The van der Waals surface area contributed by atoms with E-state index in [0.717, 1.165) is 12.8 Å². The molecule has 0 aromatic rings. The molecule has 94 valence electrons. The monoisotopic (exact) mass is 244 g/mol. The van der Waals surface area contributed by atoms with Crippen molar-refractivity contribution in [2.75, 3.05) is 0 Å². The van der Waals surface area contributed by atoms with Gasteiger partial charge in [0, 0.05) is 11.2 Å². The Labute approximate surface area is 103 Å².